The van der Waals surface area contributed by atoms with Gasteiger partial charge in [-0.05, 0) is 42.9 Å². The highest BCUT2D eigenvalue weighted by molar-refractivity contribution is 5.53. The molecule has 0 aliphatic heterocycles. The summed E-state index contributed by atoms with van der Waals surface area (Å²) in [6.45, 7) is 2.86. The molecule has 0 saturated heterocycles. The van der Waals surface area contributed by atoms with Gasteiger partial charge in [0, 0.05) is 12.2 Å². The van der Waals surface area contributed by atoms with Crippen LogP contribution in [0.2, 0.25) is 0 Å². The molecule has 1 aromatic rings. The number of nitrogens with one attached hydrogen (secondary N) is 1. The van der Waals surface area contributed by atoms with E-state index < -0.39 is 11.7 Å². The third-order valence-electron chi connectivity index (χ3n) is 3.82. The number of hydrogen-bond donors (Lipinski definition) is 1. The van der Waals surface area contributed by atoms with Gasteiger partial charge in [0.05, 0.1) is 17.2 Å². The molecule has 5 heteroatoms. The predicted molar refractivity (Wildman–Crippen MR) is 66.6 cm³/mol. The lowest BCUT2D eigenvalue weighted by molar-refractivity contribution is -0.137. The molecule has 1 fully saturated rings. The molecule has 2 rings (SSSR count). The number of hydrogen-bond acceptors (Lipinski definition) is 2. The Hall–Kier alpha value is -1.70. The molecule has 0 amide bonds. The Morgan fingerprint density at radius 3 is 2.53 bits per heavy atom. The van der Waals surface area contributed by atoms with Crippen molar-refractivity contribution in [2.75, 3.05) is 11.9 Å². The first-order valence-corrected chi connectivity index (χ1v) is 6.25. The second-order valence-corrected chi connectivity index (χ2v) is 5.08. The third-order valence-corrected chi connectivity index (χ3v) is 3.82. The second kappa shape index (κ2) is 4.76. The van der Waals surface area contributed by atoms with E-state index >= 15 is 0 Å². The van der Waals surface area contributed by atoms with E-state index in [0.717, 1.165) is 31.9 Å². The molecule has 1 aromatic carbocycles. The predicted octanol–water partition coefficient (Wildman–Crippen LogP) is 4.18. The first-order valence-electron chi connectivity index (χ1n) is 6.25. The van der Waals surface area contributed by atoms with Crippen LogP contribution in [0.25, 0.3) is 0 Å². The van der Waals surface area contributed by atoms with Crippen LogP contribution in [0.4, 0.5) is 18.9 Å². The number of nitrogens with zero attached hydrogens (tertiary/aromatic N) is 1. The molecule has 1 saturated carbocycles. The first kappa shape index (κ1) is 13.7. The molecule has 0 atom stereocenters. The van der Waals surface area contributed by atoms with Gasteiger partial charge < -0.3 is 5.32 Å². The van der Waals surface area contributed by atoms with Gasteiger partial charge in [0.2, 0.25) is 0 Å². The summed E-state index contributed by atoms with van der Waals surface area (Å²) in [5.41, 5.74) is -0.338. The Morgan fingerprint density at radius 1 is 1.37 bits per heavy atom. The van der Waals surface area contributed by atoms with E-state index in [1.54, 1.807) is 6.07 Å². The number of benzene rings is 1. The van der Waals surface area contributed by atoms with Gasteiger partial charge in [-0.25, -0.2) is 0 Å². The van der Waals surface area contributed by atoms with Crippen molar-refractivity contribution < 1.29 is 13.2 Å². The van der Waals surface area contributed by atoms with Crippen LogP contribution in [-0.2, 0) is 6.18 Å². The summed E-state index contributed by atoms with van der Waals surface area (Å²) in [6.07, 6.45) is -1.11. The van der Waals surface area contributed by atoms with Gasteiger partial charge in [0.15, 0.2) is 0 Å². The lowest BCUT2D eigenvalue weighted by atomic mass is 10.0. The topological polar surface area (TPSA) is 35.8 Å². The monoisotopic (exact) mass is 268 g/mol. The zero-order valence-electron chi connectivity index (χ0n) is 10.6. The van der Waals surface area contributed by atoms with E-state index in [0.29, 0.717) is 11.1 Å². The summed E-state index contributed by atoms with van der Waals surface area (Å²) >= 11 is 0. The van der Waals surface area contributed by atoms with Crippen molar-refractivity contribution in [2.24, 2.45) is 5.41 Å². The van der Waals surface area contributed by atoms with Crippen LogP contribution in [-0.4, -0.2) is 6.54 Å². The van der Waals surface area contributed by atoms with E-state index in [-0.39, 0.29) is 5.56 Å². The van der Waals surface area contributed by atoms with Crippen molar-refractivity contribution in [3.05, 3.63) is 29.3 Å². The molecule has 0 spiro atoms. The van der Waals surface area contributed by atoms with E-state index in [9.17, 15) is 13.2 Å². The van der Waals surface area contributed by atoms with E-state index in [2.05, 4.69) is 12.2 Å². The number of rotatable bonds is 4. The molecule has 0 radical (unpaired) electrons. The Morgan fingerprint density at radius 2 is 2.05 bits per heavy atom. The summed E-state index contributed by atoms with van der Waals surface area (Å²) in [5.74, 6) is 0. The normalized spacial score (nSPS) is 16.8. The van der Waals surface area contributed by atoms with Gasteiger partial charge in [-0.2, -0.15) is 18.4 Å². The zero-order chi connectivity index (χ0) is 14.1. The quantitative estimate of drug-likeness (QED) is 0.889. The summed E-state index contributed by atoms with van der Waals surface area (Å²) in [5, 5.41) is 11.9. The molecular weight excluding hydrogens is 253 g/mol. The zero-order valence-corrected chi connectivity index (χ0v) is 10.6. The van der Waals surface area contributed by atoms with Crippen molar-refractivity contribution in [3.8, 4) is 6.07 Å². The van der Waals surface area contributed by atoms with Crippen LogP contribution in [0.5, 0.6) is 0 Å². The minimum Gasteiger partial charge on any atom is -0.384 e. The maximum Gasteiger partial charge on any atom is 0.417 e. The maximum atomic E-state index is 12.6. The molecule has 0 heterocycles. The van der Waals surface area contributed by atoms with E-state index in [1.807, 2.05) is 0 Å². The second-order valence-electron chi connectivity index (χ2n) is 5.08. The summed E-state index contributed by atoms with van der Waals surface area (Å²) < 4.78 is 37.9. The Labute approximate surface area is 110 Å². The smallest absolute Gasteiger partial charge is 0.384 e. The minimum atomic E-state index is -4.48. The van der Waals surface area contributed by atoms with E-state index in [1.165, 1.54) is 12.1 Å². The van der Waals surface area contributed by atoms with Gasteiger partial charge in [-0.1, -0.05) is 6.92 Å². The standard InChI is InChI=1S/C14H15F3N2/c1-2-13(5-6-13)9-19-11-3-4-12(14(15,16)17)10(7-11)8-18/h3-4,7,19H,2,5-6,9H2,1H3. The number of alkyl halides is 3. The molecule has 1 aliphatic rings. The minimum absolute atomic E-state index is 0.301. The molecule has 19 heavy (non-hydrogen) atoms. The number of anilines is 1. The summed E-state index contributed by atoms with van der Waals surface area (Å²) in [6, 6.07) is 5.23. The van der Waals surface area contributed by atoms with Crippen LogP contribution in [0, 0.1) is 16.7 Å². The van der Waals surface area contributed by atoms with Crippen LogP contribution < -0.4 is 5.32 Å². The lowest BCUT2D eigenvalue weighted by Gasteiger charge is -2.16. The highest BCUT2D eigenvalue weighted by Crippen LogP contribution is 2.48. The lowest BCUT2D eigenvalue weighted by Crippen LogP contribution is -2.15. The van der Waals surface area contributed by atoms with Crippen molar-refractivity contribution in [3.63, 3.8) is 0 Å². The third kappa shape index (κ3) is 3.01. The summed E-state index contributed by atoms with van der Waals surface area (Å²) in [4.78, 5) is 0. The molecular formula is C14H15F3N2. The summed E-state index contributed by atoms with van der Waals surface area (Å²) in [7, 11) is 0. The average Bonchev–Trinajstić information content (AvgIpc) is 3.15. The Bertz CT molecular complexity index is 510. The number of halogens is 3. The maximum absolute atomic E-state index is 12.6. The van der Waals surface area contributed by atoms with Crippen LogP contribution >= 0.6 is 0 Å². The van der Waals surface area contributed by atoms with Gasteiger partial charge in [-0.3, -0.25) is 0 Å². The van der Waals surface area contributed by atoms with Gasteiger partial charge in [0.25, 0.3) is 0 Å². The molecule has 1 N–H and O–H groups in total. The van der Waals surface area contributed by atoms with Crippen molar-refractivity contribution in [1.29, 1.82) is 5.26 Å². The molecule has 102 valence electrons. The first-order chi connectivity index (χ1) is 8.90. The van der Waals surface area contributed by atoms with Crippen molar-refractivity contribution >= 4 is 5.69 Å². The van der Waals surface area contributed by atoms with Gasteiger partial charge >= 0.3 is 6.18 Å². The highest BCUT2D eigenvalue weighted by atomic mass is 19.4. The van der Waals surface area contributed by atoms with Crippen molar-refractivity contribution in [1.82, 2.24) is 0 Å². The SMILES string of the molecule is CCC1(CNc2ccc(C(F)(F)F)c(C#N)c2)CC1. The molecule has 0 unspecified atom stereocenters. The molecule has 0 bridgehead atoms. The van der Waals surface area contributed by atoms with Crippen molar-refractivity contribution in [2.45, 2.75) is 32.4 Å². The fourth-order valence-electron chi connectivity index (χ4n) is 2.12. The largest absolute Gasteiger partial charge is 0.417 e. The van der Waals surface area contributed by atoms with Gasteiger partial charge in [0.1, 0.15) is 0 Å². The molecule has 0 aromatic heterocycles. The average molecular weight is 268 g/mol. The van der Waals surface area contributed by atoms with Gasteiger partial charge in [-0.15, -0.1) is 0 Å². The fourth-order valence-corrected chi connectivity index (χ4v) is 2.12. The van der Waals surface area contributed by atoms with Crippen LogP contribution in [0.1, 0.15) is 37.3 Å². The number of nitriles is 1. The molecule has 1 aliphatic carbocycles. The van der Waals surface area contributed by atoms with E-state index in [4.69, 9.17) is 5.26 Å². The van der Waals surface area contributed by atoms with Crippen LogP contribution in [0.3, 0.4) is 0 Å². The Kier molecular flexibility index (Phi) is 3.44. The molecule has 2 nitrogen and oxygen atoms in total. The van der Waals surface area contributed by atoms with Crippen LogP contribution in [0.15, 0.2) is 18.2 Å². The highest BCUT2D eigenvalue weighted by Gasteiger charge is 2.40. The Balaban J connectivity index is 2.14. The fraction of sp³-hybridized carbons (Fsp3) is 0.500.